The minimum atomic E-state index is -3.29. The summed E-state index contributed by atoms with van der Waals surface area (Å²) in [5.74, 6) is 0.274. The molecule has 2 rings (SSSR count). The van der Waals surface area contributed by atoms with Crippen LogP contribution in [0.3, 0.4) is 0 Å². The topological polar surface area (TPSA) is 46.6 Å². The van der Waals surface area contributed by atoms with Crippen molar-refractivity contribution in [2.75, 3.05) is 30.3 Å². The van der Waals surface area contributed by atoms with E-state index < -0.39 is 10.0 Å². The molecule has 0 radical (unpaired) electrons. The molecular weight excluding hydrogens is 286 g/mol. The monoisotopic (exact) mass is 311 g/mol. The number of sulfonamides is 1. The van der Waals surface area contributed by atoms with Gasteiger partial charge in [0.1, 0.15) is 0 Å². The van der Waals surface area contributed by atoms with E-state index >= 15 is 0 Å². The van der Waals surface area contributed by atoms with Crippen molar-refractivity contribution in [2.24, 2.45) is 5.92 Å². The van der Waals surface area contributed by atoms with Gasteiger partial charge in [-0.1, -0.05) is 32.9 Å². The molecule has 1 heterocycles. The first kappa shape index (κ1) is 16.3. The highest BCUT2D eigenvalue weighted by molar-refractivity contribution is 7.92. The Morgan fingerprint density at radius 1 is 1.24 bits per heavy atom. The zero-order valence-electron chi connectivity index (χ0n) is 13.3. The minimum Gasteiger partial charge on any atom is -0.381 e. The average Bonchev–Trinajstić information content (AvgIpc) is 2.89. The summed E-state index contributed by atoms with van der Waals surface area (Å²) in [6, 6.07) is 7.76. The van der Waals surface area contributed by atoms with Gasteiger partial charge in [0.15, 0.2) is 0 Å². The molecular formula is C16H25NO3S. The highest BCUT2D eigenvalue weighted by atomic mass is 32.2. The number of hydrogen-bond acceptors (Lipinski definition) is 3. The lowest BCUT2D eigenvalue weighted by Crippen LogP contribution is -2.32. The Hall–Kier alpha value is -1.07. The number of nitrogens with zero attached hydrogens (tertiary/aromatic N) is 1. The molecule has 0 N–H and O–H groups in total. The van der Waals surface area contributed by atoms with Crippen LogP contribution in [0.4, 0.5) is 5.69 Å². The molecule has 1 aliphatic rings. The van der Waals surface area contributed by atoms with Crippen molar-refractivity contribution in [3.63, 3.8) is 0 Å². The maximum atomic E-state index is 12.4. The lowest BCUT2D eigenvalue weighted by Gasteiger charge is -2.23. The summed E-state index contributed by atoms with van der Waals surface area (Å²) in [5, 5.41) is 0. The van der Waals surface area contributed by atoms with Gasteiger partial charge < -0.3 is 4.74 Å². The molecule has 1 saturated heterocycles. The van der Waals surface area contributed by atoms with Crippen LogP contribution in [-0.2, 0) is 20.2 Å². The van der Waals surface area contributed by atoms with Crippen LogP contribution in [0, 0.1) is 5.92 Å². The van der Waals surface area contributed by atoms with Gasteiger partial charge in [-0.05, 0) is 29.5 Å². The summed E-state index contributed by atoms with van der Waals surface area (Å²) in [6.45, 7) is 7.65. The number of ether oxygens (including phenoxy) is 1. The summed E-state index contributed by atoms with van der Waals surface area (Å²) < 4.78 is 31.5. The molecule has 0 aliphatic carbocycles. The molecule has 5 heteroatoms. The van der Waals surface area contributed by atoms with Crippen molar-refractivity contribution in [3.05, 3.63) is 29.8 Å². The summed E-state index contributed by atoms with van der Waals surface area (Å²) in [7, 11) is -1.67. The fourth-order valence-electron chi connectivity index (χ4n) is 2.46. The van der Waals surface area contributed by atoms with Crippen LogP contribution in [0.15, 0.2) is 24.3 Å². The Balaban J connectivity index is 2.13. The molecule has 1 atom stereocenters. The molecule has 118 valence electrons. The van der Waals surface area contributed by atoms with Gasteiger partial charge in [-0.25, -0.2) is 8.42 Å². The van der Waals surface area contributed by atoms with Crippen LogP contribution in [0.2, 0.25) is 0 Å². The predicted molar refractivity (Wildman–Crippen MR) is 86.3 cm³/mol. The number of anilines is 1. The van der Waals surface area contributed by atoms with Gasteiger partial charge in [0.05, 0.1) is 18.0 Å². The zero-order chi connectivity index (χ0) is 15.7. The number of benzene rings is 1. The molecule has 1 aliphatic heterocycles. The Morgan fingerprint density at radius 2 is 1.86 bits per heavy atom. The van der Waals surface area contributed by atoms with Crippen molar-refractivity contribution in [3.8, 4) is 0 Å². The van der Waals surface area contributed by atoms with Gasteiger partial charge in [0, 0.05) is 19.6 Å². The Bertz CT molecular complexity index is 567. The molecule has 4 nitrogen and oxygen atoms in total. The normalized spacial score (nSPS) is 19.7. The van der Waals surface area contributed by atoms with Crippen LogP contribution in [0.5, 0.6) is 0 Å². The van der Waals surface area contributed by atoms with Crippen molar-refractivity contribution in [1.82, 2.24) is 0 Å². The minimum absolute atomic E-state index is 0.0666. The van der Waals surface area contributed by atoms with Crippen molar-refractivity contribution >= 4 is 15.7 Å². The molecule has 0 saturated carbocycles. The smallest absolute Gasteiger partial charge is 0.235 e. The van der Waals surface area contributed by atoms with E-state index in [1.54, 1.807) is 7.05 Å². The Kier molecular flexibility index (Phi) is 4.63. The number of rotatable bonds is 4. The van der Waals surface area contributed by atoms with Crippen molar-refractivity contribution in [2.45, 2.75) is 32.6 Å². The molecule has 1 aromatic carbocycles. The van der Waals surface area contributed by atoms with Crippen LogP contribution >= 0.6 is 0 Å². The highest BCUT2D eigenvalue weighted by Gasteiger charge is 2.26. The van der Waals surface area contributed by atoms with Gasteiger partial charge in [0.25, 0.3) is 0 Å². The van der Waals surface area contributed by atoms with Gasteiger partial charge in [-0.3, -0.25) is 4.31 Å². The Labute approximate surface area is 128 Å². The standard InChI is InChI=1S/C16H25NO3S/c1-16(2,3)14-5-7-15(8-6-14)17(4)21(18,19)12-13-9-10-20-11-13/h5-8,13H,9-12H2,1-4H3/t13-/m0/s1. The lowest BCUT2D eigenvalue weighted by atomic mass is 9.87. The molecule has 21 heavy (non-hydrogen) atoms. The SMILES string of the molecule is CN(c1ccc(C(C)(C)C)cc1)S(=O)(=O)C[C@H]1CCOC1. The molecule has 0 spiro atoms. The maximum absolute atomic E-state index is 12.4. The third-order valence-corrected chi connectivity index (χ3v) is 5.92. The van der Waals surface area contributed by atoms with Crippen LogP contribution in [-0.4, -0.2) is 34.4 Å². The first-order valence-electron chi connectivity index (χ1n) is 7.35. The largest absolute Gasteiger partial charge is 0.381 e. The highest BCUT2D eigenvalue weighted by Crippen LogP contribution is 2.26. The van der Waals surface area contributed by atoms with E-state index in [4.69, 9.17) is 4.74 Å². The third-order valence-electron chi connectivity index (χ3n) is 3.98. The quantitative estimate of drug-likeness (QED) is 0.859. The van der Waals surface area contributed by atoms with Gasteiger partial charge in [0.2, 0.25) is 10.0 Å². The van der Waals surface area contributed by atoms with E-state index in [2.05, 4.69) is 20.8 Å². The van der Waals surface area contributed by atoms with E-state index in [-0.39, 0.29) is 17.1 Å². The van der Waals surface area contributed by atoms with E-state index in [1.807, 2.05) is 24.3 Å². The van der Waals surface area contributed by atoms with Gasteiger partial charge in [-0.2, -0.15) is 0 Å². The first-order chi connectivity index (χ1) is 9.70. The summed E-state index contributed by atoms with van der Waals surface area (Å²) in [5.41, 5.74) is 1.97. The van der Waals surface area contributed by atoms with E-state index in [9.17, 15) is 8.42 Å². The van der Waals surface area contributed by atoms with E-state index in [0.717, 1.165) is 6.42 Å². The summed E-state index contributed by atoms with van der Waals surface area (Å²) >= 11 is 0. The summed E-state index contributed by atoms with van der Waals surface area (Å²) in [4.78, 5) is 0. The molecule has 1 aromatic rings. The Morgan fingerprint density at radius 3 is 2.33 bits per heavy atom. The second-order valence-corrected chi connectivity index (χ2v) is 8.82. The number of hydrogen-bond donors (Lipinski definition) is 0. The molecule has 0 aromatic heterocycles. The van der Waals surface area contributed by atoms with E-state index in [0.29, 0.717) is 18.9 Å². The van der Waals surface area contributed by atoms with Crippen LogP contribution < -0.4 is 4.31 Å². The molecule has 1 fully saturated rings. The van der Waals surface area contributed by atoms with Crippen LogP contribution in [0.1, 0.15) is 32.8 Å². The fraction of sp³-hybridized carbons (Fsp3) is 0.625. The molecule has 0 amide bonds. The molecule has 0 bridgehead atoms. The second kappa shape index (κ2) is 5.97. The van der Waals surface area contributed by atoms with Crippen molar-refractivity contribution in [1.29, 1.82) is 0 Å². The fourth-order valence-corrected chi connectivity index (χ4v) is 3.98. The second-order valence-electron chi connectivity index (χ2n) is 6.77. The first-order valence-corrected chi connectivity index (χ1v) is 8.96. The van der Waals surface area contributed by atoms with Gasteiger partial charge in [-0.15, -0.1) is 0 Å². The zero-order valence-corrected chi connectivity index (χ0v) is 14.1. The predicted octanol–water partition coefficient (Wildman–Crippen LogP) is 2.79. The summed E-state index contributed by atoms with van der Waals surface area (Å²) in [6.07, 6.45) is 0.829. The average molecular weight is 311 g/mol. The van der Waals surface area contributed by atoms with Crippen molar-refractivity contribution < 1.29 is 13.2 Å². The molecule has 0 unspecified atom stereocenters. The van der Waals surface area contributed by atoms with Gasteiger partial charge >= 0.3 is 0 Å². The van der Waals surface area contributed by atoms with E-state index in [1.165, 1.54) is 9.87 Å². The lowest BCUT2D eigenvalue weighted by molar-refractivity contribution is 0.188. The third kappa shape index (κ3) is 3.98. The van der Waals surface area contributed by atoms with Crippen LogP contribution in [0.25, 0.3) is 0 Å². The maximum Gasteiger partial charge on any atom is 0.235 e.